The molecule has 0 aliphatic heterocycles. The van der Waals surface area contributed by atoms with Crippen molar-refractivity contribution in [2.45, 2.75) is 44.2 Å². The maximum atomic E-state index is 13.9. The molecule has 0 fully saturated rings. The minimum absolute atomic E-state index is 0.0246. The molecule has 0 radical (unpaired) electrons. The summed E-state index contributed by atoms with van der Waals surface area (Å²) in [6.07, 6.45) is 1.69. The fourth-order valence-corrected chi connectivity index (χ4v) is 5.82. The van der Waals surface area contributed by atoms with Gasteiger partial charge in [0.15, 0.2) is 0 Å². The highest BCUT2D eigenvalue weighted by Gasteiger charge is 2.33. The Morgan fingerprint density at radius 3 is 2.21 bits per heavy atom. The summed E-state index contributed by atoms with van der Waals surface area (Å²) in [5.74, 6) is -0.942. The van der Waals surface area contributed by atoms with Crippen molar-refractivity contribution in [3.05, 3.63) is 93.4 Å². The van der Waals surface area contributed by atoms with Crippen molar-refractivity contribution in [3.8, 4) is 0 Å². The normalized spacial score (nSPS) is 12.0. The molecule has 1 unspecified atom stereocenters. The molecule has 0 aliphatic rings. The van der Waals surface area contributed by atoms with Gasteiger partial charge in [-0.05, 0) is 61.4 Å². The van der Waals surface area contributed by atoms with Crippen LogP contribution in [0, 0.1) is 0 Å². The number of nitrogens with zero attached hydrogens (tertiary/aromatic N) is 2. The number of rotatable bonds is 12. The molecule has 3 rings (SSSR count). The first-order valence-electron chi connectivity index (χ1n) is 12.4. The molecule has 0 saturated carbocycles. The molecule has 208 valence electrons. The molecule has 39 heavy (non-hydrogen) atoms. The first-order valence-corrected chi connectivity index (χ1v) is 15.0. The number of unbranched alkanes of at least 4 members (excludes halogenated alkanes) is 1. The second-order valence-corrected chi connectivity index (χ2v) is 12.0. The zero-order valence-corrected chi connectivity index (χ0v) is 24.7. The lowest BCUT2D eigenvalue weighted by Crippen LogP contribution is -2.51. The van der Waals surface area contributed by atoms with Crippen molar-refractivity contribution < 1.29 is 18.0 Å². The Morgan fingerprint density at radius 2 is 1.56 bits per heavy atom. The Morgan fingerprint density at radius 1 is 0.923 bits per heavy atom. The van der Waals surface area contributed by atoms with Gasteiger partial charge in [-0.25, -0.2) is 8.42 Å². The second-order valence-electron chi connectivity index (χ2n) is 8.89. The molecule has 0 aromatic heterocycles. The number of sulfonamides is 1. The monoisotopic (exact) mass is 609 g/mol. The Kier molecular flexibility index (Phi) is 11.1. The fraction of sp³-hybridized carbons (Fsp3) is 0.286. The summed E-state index contributed by atoms with van der Waals surface area (Å²) >= 11 is 18.6. The van der Waals surface area contributed by atoms with Gasteiger partial charge in [0.25, 0.3) is 10.0 Å². The number of carbonyl (C=O) groups is 2. The lowest BCUT2D eigenvalue weighted by atomic mass is 10.1. The van der Waals surface area contributed by atoms with E-state index < -0.39 is 28.5 Å². The van der Waals surface area contributed by atoms with Crippen LogP contribution in [0.3, 0.4) is 0 Å². The number of benzene rings is 3. The van der Waals surface area contributed by atoms with Gasteiger partial charge in [-0.15, -0.1) is 0 Å². The quantitative estimate of drug-likeness (QED) is 0.248. The van der Waals surface area contributed by atoms with Gasteiger partial charge in [-0.3, -0.25) is 13.9 Å². The van der Waals surface area contributed by atoms with Gasteiger partial charge in [0, 0.05) is 23.1 Å². The predicted molar refractivity (Wildman–Crippen MR) is 157 cm³/mol. The summed E-state index contributed by atoms with van der Waals surface area (Å²) in [7, 11) is -4.24. The van der Waals surface area contributed by atoms with Crippen LogP contribution in [-0.4, -0.2) is 44.3 Å². The molecule has 0 spiro atoms. The number of carbonyl (C=O) groups excluding carboxylic acids is 2. The minimum Gasteiger partial charge on any atom is -0.354 e. The molecule has 3 aromatic rings. The Labute approximate surface area is 244 Å². The van der Waals surface area contributed by atoms with Crippen molar-refractivity contribution in [2.24, 2.45) is 0 Å². The summed E-state index contributed by atoms with van der Waals surface area (Å²) < 4.78 is 28.5. The average Bonchev–Trinajstić information content (AvgIpc) is 2.92. The third-order valence-corrected chi connectivity index (χ3v) is 8.63. The van der Waals surface area contributed by atoms with Gasteiger partial charge in [-0.2, -0.15) is 0 Å². The van der Waals surface area contributed by atoms with Gasteiger partial charge in [0.1, 0.15) is 12.6 Å². The number of hydrogen-bond acceptors (Lipinski definition) is 4. The van der Waals surface area contributed by atoms with Crippen LogP contribution < -0.4 is 9.62 Å². The first kappa shape index (κ1) is 30.8. The first-order chi connectivity index (χ1) is 18.5. The van der Waals surface area contributed by atoms with E-state index >= 15 is 0 Å². The number of amides is 2. The van der Waals surface area contributed by atoms with Crippen molar-refractivity contribution >= 4 is 62.3 Å². The second kappa shape index (κ2) is 14.0. The van der Waals surface area contributed by atoms with Crippen LogP contribution in [0.2, 0.25) is 15.1 Å². The zero-order valence-electron chi connectivity index (χ0n) is 21.6. The smallest absolute Gasteiger partial charge is 0.264 e. The van der Waals surface area contributed by atoms with Crippen LogP contribution in [0.4, 0.5) is 5.69 Å². The molecule has 1 N–H and O–H groups in total. The van der Waals surface area contributed by atoms with Gasteiger partial charge in [0.05, 0.1) is 15.6 Å². The van der Waals surface area contributed by atoms with E-state index in [1.165, 1.54) is 35.2 Å². The van der Waals surface area contributed by atoms with Crippen molar-refractivity contribution in [1.82, 2.24) is 10.2 Å². The lowest BCUT2D eigenvalue weighted by molar-refractivity contribution is -0.139. The molecule has 0 saturated heterocycles. The summed E-state index contributed by atoms with van der Waals surface area (Å²) in [6.45, 7) is 3.53. The Bertz CT molecular complexity index is 1390. The summed E-state index contributed by atoms with van der Waals surface area (Å²) in [5, 5.41) is 3.72. The van der Waals surface area contributed by atoms with Crippen LogP contribution in [0.1, 0.15) is 32.3 Å². The molecular weight excluding hydrogens is 581 g/mol. The highest BCUT2D eigenvalue weighted by Crippen LogP contribution is 2.33. The molecule has 0 aliphatic carbocycles. The third kappa shape index (κ3) is 8.11. The van der Waals surface area contributed by atoms with Gasteiger partial charge >= 0.3 is 0 Å². The minimum atomic E-state index is -4.24. The van der Waals surface area contributed by atoms with Gasteiger partial charge in [0.2, 0.25) is 11.8 Å². The SMILES string of the molecule is CCCCNC(=O)C(C)N(Cc1ccc(Cl)cc1)C(=O)CN(c1cc(Cl)ccc1Cl)S(=O)(=O)c1ccccc1. The van der Waals surface area contributed by atoms with Crippen LogP contribution in [0.5, 0.6) is 0 Å². The van der Waals surface area contributed by atoms with E-state index in [0.29, 0.717) is 11.6 Å². The predicted octanol–water partition coefficient (Wildman–Crippen LogP) is 6.18. The standard InChI is InChI=1S/C28H30Cl3N3O4S/c1-3-4-16-32-28(36)20(2)33(18-21-10-12-22(29)13-11-21)27(35)19-34(26-17-23(30)14-15-25(26)31)39(37,38)24-8-6-5-7-9-24/h5-15,17,20H,3-4,16,18-19H2,1-2H3,(H,32,36). The lowest BCUT2D eigenvalue weighted by Gasteiger charge is -2.32. The van der Waals surface area contributed by atoms with Crippen LogP contribution >= 0.6 is 34.8 Å². The molecule has 3 aromatic carbocycles. The molecule has 1 atom stereocenters. The van der Waals surface area contributed by atoms with E-state index in [2.05, 4.69) is 5.32 Å². The van der Waals surface area contributed by atoms with Crippen molar-refractivity contribution in [3.63, 3.8) is 0 Å². The largest absolute Gasteiger partial charge is 0.354 e. The van der Waals surface area contributed by atoms with E-state index in [-0.39, 0.29) is 33.1 Å². The van der Waals surface area contributed by atoms with Gasteiger partial charge in [-0.1, -0.05) is 78.5 Å². The highest BCUT2D eigenvalue weighted by atomic mass is 35.5. The van der Waals surface area contributed by atoms with Crippen LogP contribution in [0.25, 0.3) is 0 Å². The fourth-order valence-electron chi connectivity index (χ4n) is 3.82. The molecule has 7 nitrogen and oxygen atoms in total. The van der Waals surface area contributed by atoms with E-state index in [1.54, 1.807) is 49.4 Å². The Balaban J connectivity index is 2.02. The number of hydrogen-bond donors (Lipinski definition) is 1. The van der Waals surface area contributed by atoms with Crippen LogP contribution in [0.15, 0.2) is 77.7 Å². The van der Waals surface area contributed by atoms with Crippen LogP contribution in [-0.2, 0) is 26.2 Å². The van der Waals surface area contributed by atoms with E-state index in [4.69, 9.17) is 34.8 Å². The molecule has 0 heterocycles. The number of nitrogens with one attached hydrogen (secondary N) is 1. The summed E-state index contributed by atoms with van der Waals surface area (Å²) in [6, 6.07) is 18.1. The zero-order chi connectivity index (χ0) is 28.6. The Hall–Kier alpha value is -2.78. The van der Waals surface area contributed by atoms with E-state index in [0.717, 1.165) is 22.7 Å². The molecule has 2 amide bonds. The van der Waals surface area contributed by atoms with E-state index in [9.17, 15) is 18.0 Å². The maximum absolute atomic E-state index is 13.9. The molecular formula is C28H30Cl3N3O4S. The third-order valence-electron chi connectivity index (χ3n) is 6.05. The number of anilines is 1. The van der Waals surface area contributed by atoms with E-state index in [1.807, 2.05) is 6.92 Å². The molecule has 0 bridgehead atoms. The van der Waals surface area contributed by atoms with Crippen molar-refractivity contribution in [2.75, 3.05) is 17.4 Å². The maximum Gasteiger partial charge on any atom is 0.264 e. The average molecular weight is 611 g/mol. The summed E-state index contributed by atoms with van der Waals surface area (Å²) in [5.41, 5.74) is 0.770. The molecule has 11 heteroatoms. The summed E-state index contributed by atoms with van der Waals surface area (Å²) in [4.78, 5) is 28.2. The number of halogens is 3. The highest BCUT2D eigenvalue weighted by molar-refractivity contribution is 7.92. The van der Waals surface area contributed by atoms with Gasteiger partial charge < -0.3 is 10.2 Å². The van der Waals surface area contributed by atoms with Crippen molar-refractivity contribution in [1.29, 1.82) is 0 Å². The topological polar surface area (TPSA) is 86.8 Å².